The molecule has 0 saturated carbocycles. The Morgan fingerprint density at radius 3 is 2.63 bits per heavy atom. The lowest BCUT2D eigenvalue weighted by Crippen LogP contribution is -2.11. The van der Waals surface area contributed by atoms with Gasteiger partial charge in [-0.15, -0.1) is 11.3 Å². The molecule has 136 valence electrons. The van der Waals surface area contributed by atoms with Crippen LogP contribution in [0.5, 0.6) is 5.75 Å². The molecule has 0 N–H and O–H groups in total. The minimum Gasteiger partial charge on any atom is -0.497 e. The normalized spacial score (nSPS) is 12.3. The summed E-state index contributed by atoms with van der Waals surface area (Å²) in [6.07, 6.45) is 1.71. The monoisotopic (exact) mass is 377 g/mol. The average Bonchev–Trinajstić information content (AvgIpc) is 3.30. The van der Waals surface area contributed by atoms with Crippen LogP contribution in [0.15, 0.2) is 68.4 Å². The molecule has 0 fully saturated rings. The van der Waals surface area contributed by atoms with E-state index in [1.165, 1.54) is 0 Å². The van der Waals surface area contributed by atoms with Crippen LogP contribution >= 0.6 is 11.3 Å². The van der Waals surface area contributed by atoms with Crippen molar-refractivity contribution in [3.05, 3.63) is 70.2 Å². The average molecular weight is 377 g/mol. The fourth-order valence-electron chi connectivity index (χ4n) is 2.91. The number of methoxy groups -OCH3 is 1. The lowest BCUT2D eigenvalue weighted by molar-refractivity contribution is 0.415. The summed E-state index contributed by atoms with van der Waals surface area (Å²) in [7, 11) is 3.45. The highest BCUT2D eigenvalue weighted by Crippen LogP contribution is 2.27. The SMILES string of the molecule is CN=c1scc(-c2ccc3cc(OC)ccc3c2)n1N=Cc1ccc(C)o1. The fraction of sp³-hybridized carbons (Fsp3) is 0.143. The molecule has 0 aliphatic carbocycles. The molecule has 0 aliphatic heterocycles. The minimum atomic E-state index is 0.713. The summed E-state index contributed by atoms with van der Waals surface area (Å²) >= 11 is 1.55. The summed E-state index contributed by atoms with van der Waals surface area (Å²) in [4.78, 5) is 5.16. The Bertz CT molecular complexity index is 1200. The van der Waals surface area contributed by atoms with Crippen molar-refractivity contribution in [2.24, 2.45) is 10.1 Å². The molecule has 0 radical (unpaired) electrons. The molecule has 0 spiro atoms. The number of furan rings is 1. The maximum absolute atomic E-state index is 5.58. The van der Waals surface area contributed by atoms with Gasteiger partial charge in [-0.1, -0.05) is 18.2 Å². The molecule has 4 aromatic rings. The molecular weight excluding hydrogens is 358 g/mol. The minimum absolute atomic E-state index is 0.713. The van der Waals surface area contributed by atoms with Gasteiger partial charge in [-0.05, 0) is 48.0 Å². The first kappa shape index (κ1) is 17.3. The molecule has 0 aliphatic rings. The van der Waals surface area contributed by atoms with Gasteiger partial charge in [-0.2, -0.15) is 5.10 Å². The second kappa shape index (κ2) is 7.25. The van der Waals surface area contributed by atoms with E-state index in [1.54, 1.807) is 31.7 Å². The van der Waals surface area contributed by atoms with Crippen molar-refractivity contribution in [1.29, 1.82) is 0 Å². The quantitative estimate of drug-likeness (QED) is 0.484. The van der Waals surface area contributed by atoms with E-state index in [1.807, 2.05) is 35.9 Å². The predicted octanol–water partition coefficient (Wildman–Crippen LogP) is 4.69. The topological polar surface area (TPSA) is 52.0 Å². The Kier molecular flexibility index (Phi) is 4.64. The third kappa shape index (κ3) is 3.44. The van der Waals surface area contributed by atoms with Gasteiger partial charge < -0.3 is 9.15 Å². The Labute approximate surface area is 160 Å². The number of ether oxygens (including phenoxy) is 1. The Balaban J connectivity index is 1.79. The van der Waals surface area contributed by atoms with Crippen LogP contribution in [-0.4, -0.2) is 25.0 Å². The number of aryl methyl sites for hydroxylation is 1. The first-order valence-electron chi connectivity index (χ1n) is 8.50. The van der Waals surface area contributed by atoms with Crippen molar-refractivity contribution in [2.45, 2.75) is 6.92 Å². The number of nitrogens with zero attached hydrogens (tertiary/aromatic N) is 3. The number of hydrogen-bond acceptors (Lipinski definition) is 5. The fourth-order valence-corrected chi connectivity index (χ4v) is 3.71. The van der Waals surface area contributed by atoms with Crippen LogP contribution in [0.2, 0.25) is 0 Å². The third-order valence-electron chi connectivity index (χ3n) is 4.28. The summed E-state index contributed by atoms with van der Waals surface area (Å²) in [5.41, 5.74) is 2.06. The molecule has 2 aromatic carbocycles. The van der Waals surface area contributed by atoms with E-state index in [9.17, 15) is 0 Å². The largest absolute Gasteiger partial charge is 0.497 e. The van der Waals surface area contributed by atoms with E-state index >= 15 is 0 Å². The molecule has 2 aromatic heterocycles. The smallest absolute Gasteiger partial charge is 0.205 e. The lowest BCUT2D eigenvalue weighted by Gasteiger charge is -2.06. The number of benzene rings is 2. The van der Waals surface area contributed by atoms with Crippen LogP contribution in [0.3, 0.4) is 0 Å². The maximum Gasteiger partial charge on any atom is 0.205 e. The van der Waals surface area contributed by atoms with Crippen LogP contribution in [0.1, 0.15) is 11.5 Å². The summed E-state index contributed by atoms with van der Waals surface area (Å²) in [6, 6.07) is 16.2. The second-order valence-electron chi connectivity index (χ2n) is 6.06. The van der Waals surface area contributed by atoms with Gasteiger partial charge in [0.1, 0.15) is 17.3 Å². The van der Waals surface area contributed by atoms with Gasteiger partial charge in [0.05, 0.1) is 19.0 Å². The van der Waals surface area contributed by atoms with Gasteiger partial charge >= 0.3 is 0 Å². The molecule has 27 heavy (non-hydrogen) atoms. The van der Waals surface area contributed by atoms with Crippen LogP contribution in [0, 0.1) is 6.92 Å². The van der Waals surface area contributed by atoms with Gasteiger partial charge in [-0.25, -0.2) is 4.68 Å². The summed E-state index contributed by atoms with van der Waals surface area (Å²) in [6.45, 7) is 1.91. The zero-order valence-corrected chi connectivity index (χ0v) is 16.2. The van der Waals surface area contributed by atoms with Crippen LogP contribution in [-0.2, 0) is 0 Å². The number of rotatable bonds is 4. The van der Waals surface area contributed by atoms with E-state index in [0.29, 0.717) is 5.76 Å². The first-order valence-corrected chi connectivity index (χ1v) is 9.38. The summed E-state index contributed by atoms with van der Waals surface area (Å²) < 4.78 is 12.7. The number of fused-ring (bicyclic) bond motifs is 1. The highest BCUT2D eigenvalue weighted by molar-refractivity contribution is 7.07. The van der Waals surface area contributed by atoms with Gasteiger partial charge in [0.25, 0.3) is 0 Å². The van der Waals surface area contributed by atoms with E-state index < -0.39 is 0 Å². The van der Waals surface area contributed by atoms with Crippen molar-refractivity contribution in [2.75, 3.05) is 14.2 Å². The van der Waals surface area contributed by atoms with E-state index in [4.69, 9.17) is 9.15 Å². The predicted molar refractivity (Wildman–Crippen MR) is 110 cm³/mol. The lowest BCUT2D eigenvalue weighted by atomic mass is 10.1. The third-order valence-corrected chi connectivity index (χ3v) is 5.19. The molecule has 2 heterocycles. The van der Waals surface area contributed by atoms with Crippen molar-refractivity contribution in [3.8, 4) is 17.0 Å². The molecular formula is C21H19N3O2S. The van der Waals surface area contributed by atoms with Gasteiger partial charge in [0.2, 0.25) is 4.80 Å². The number of thiazole rings is 1. The molecule has 0 unspecified atom stereocenters. The molecule has 0 amide bonds. The molecule has 5 nitrogen and oxygen atoms in total. The zero-order valence-electron chi connectivity index (χ0n) is 15.3. The molecule has 0 bridgehead atoms. The van der Waals surface area contributed by atoms with Crippen molar-refractivity contribution < 1.29 is 9.15 Å². The number of aromatic nitrogens is 1. The number of hydrogen-bond donors (Lipinski definition) is 0. The van der Waals surface area contributed by atoms with E-state index in [-0.39, 0.29) is 0 Å². The Morgan fingerprint density at radius 1 is 1.07 bits per heavy atom. The summed E-state index contributed by atoms with van der Waals surface area (Å²) in [5.74, 6) is 2.42. The van der Waals surface area contributed by atoms with Crippen LogP contribution < -0.4 is 9.54 Å². The van der Waals surface area contributed by atoms with Gasteiger partial charge in [0, 0.05) is 18.0 Å². The van der Waals surface area contributed by atoms with Crippen molar-refractivity contribution >= 4 is 28.3 Å². The van der Waals surface area contributed by atoms with Crippen molar-refractivity contribution in [3.63, 3.8) is 0 Å². The van der Waals surface area contributed by atoms with Gasteiger partial charge in [-0.3, -0.25) is 4.99 Å². The van der Waals surface area contributed by atoms with Crippen LogP contribution in [0.4, 0.5) is 0 Å². The maximum atomic E-state index is 5.58. The summed E-state index contributed by atoms with van der Waals surface area (Å²) in [5, 5.41) is 8.95. The molecule has 4 rings (SSSR count). The molecule has 6 heteroatoms. The highest BCUT2D eigenvalue weighted by Gasteiger charge is 2.09. The molecule has 0 atom stereocenters. The highest BCUT2D eigenvalue weighted by atomic mass is 32.1. The van der Waals surface area contributed by atoms with Gasteiger partial charge in [0.15, 0.2) is 0 Å². The second-order valence-corrected chi connectivity index (χ2v) is 6.90. The standard InChI is InChI=1S/C21H19N3O2S/c1-14-4-8-19(26-14)12-23-24-20(13-27-21(24)22-2)17-6-5-16-11-18(25-3)9-7-15(16)10-17/h4-13H,1-3H3. The van der Waals surface area contributed by atoms with E-state index in [0.717, 1.165) is 38.3 Å². The zero-order chi connectivity index (χ0) is 18.8. The van der Waals surface area contributed by atoms with E-state index in [2.05, 4.69) is 39.7 Å². The molecule has 0 saturated heterocycles. The van der Waals surface area contributed by atoms with Crippen LogP contribution in [0.25, 0.3) is 22.0 Å². The van der Waals surface area contributed by atoms with Crippen molar-refractivity contribution in [1.82, 2.24) is 4.68 Å². The first-order chi connectivity index (χ1) is 13.2. The Morgan fingerprint density at radius 2 is 1.89 bits per heavy atom. The Hall–Kier alpha value is -3.12.